The first-order valence-electron chi connectivity index (χ1n) is 4.62. The van der Waals surface area contributed by atoms with E-state index in [1.165, 1.54) is 0 Å². The summed E-state index contributed by atoms with van der Waals surface area (Å²) in [6, 6.07) is 0. The van der Waals surface area contributed by atoms with Crippen molar-refractivity contribution in [3.63, 3.8) is 0 Å². The molecule has 13 heavy (non-hydrogen) atoms. The minimum atomic E-state index is 0.122. The van der Waals surface area contributed by atoms with Crippen LogP contribution in [0.25, 0.3) is 0 Å². The summed E-state index contributed by atoms with van der Waals surface area (Å²) in [6.07, 6.45) is 1.10. The van der Waals surface area contributed by atoms with Crippen molar-refractivity contribution in [1.82, 2.24) is 4.90 Å². The van der Waals surface area contributed by atoms with Gasteiger partial charge in [0.05, 0.1) is 0 Å². The third kappa shape index (κ3) is 3.56. The molecule has 76 valence electrons. The van der Waals surface area contributed by atoms with E-state index in [9.17, 15) is 4.79 Å². The number of hydrogen-bond donors (Lipinski definition) is 0. The maximum Gasteiger partial charge on any atom is 0.248 e. The van der Waals surface area contributed by atoms with Gasteiger partial charge in [0.1, 0.15) is 6.61 Å². The van der Waals surface area contributed by atoms with E-state index in [0.717, 1.165) is 25.3 Å². The van der Waals surface area contributed by atoms with E-state index in [0.29, 0.717) is 5.25 Å². The van der Waals surface area contributed by atoms with Gasteiger partial charge in [-0.25, -0.2) is 0 Å². The van der Waals surface area contributed by atoms with Crippen molar-refractivity contribution in [2.75, 3.05) is 32.6 Å². The highest BCUT2D eigenvalue weighted by Crippen LogP contribution is 2.18. The summed E-state index contributed by atoms with van der Waals surface area (Å²) in [5.41, 5.74) is 0. The number of rotatable bonds is 2. The van der Waals surface area contributed by atoms with Gasteiger partial charge in [-0.1, -0.05) is 6.92 Å². The number of amides is 1. The summed E-state index contributed by atoms with van der Waals surface area (Å²) in [5, 5.41) is 0.681. The lowest BCUT2D eigenvalue weighted by Crippen LogP contribution is -2.35. The molecule has 1 aliphatic rings. The Morgan fingerprint density at radius 3 is 3.08 bits per heavy atom. The largest absolute Gasteiger partial charge is 0.375 e. The fourth-order valence-electron chi connectivity index (χ4n) is 1.36. The van der Waals surface area contributed by atoms with Crippen LogP contribution >= 0.6 is 11.8 Å². The van der Waals surface area contributed by atoms with Crippen LogP contribution in [0.15, 0.2) is 0 Å². The number of ether oxygens (including phenoxy) is 1. The standard InChI is InChI=1S/C9H17NO2S/c1-8-3-4-10(5-6-13-8)9(11)7-12-2/h8H,3-7H2,1-2H3. The summed E-state index contributed by atoms with van der Waals surface area (Å²) in [5.74, 6) is 1.17. The van der Waals surface area contributed by atoms with Gasteiger partial charge in [-0.05, 0) is 6.42 Å². The molecule has 0 radical (unpaired) electrons. The van der Waals surface area contributed by atoms with Gasteiger partial charge in [0, 0.05) is 31.2 Å². The van der Waals surface area contributed by atoms with E-state index in [4.69, 9.17) is 4.74 Å². The molecule has 0 aromatic rings. The Labute approximate surface area is 83.8 Å². The zero-order valence-corrected chi connectivity index (χ0v) is 9.10. The predicted octanol–water partition coefficient (Wildman–Crippen LogP) is 0.987. The molecule has 1 saturated heterocycles. The minimum absolute atomic E-state index is 0.122. The van der Waals surface area contributed by atoms with Crippen molar-refractivity contribution < 1.29 is 9.53 Å². The van der Waals surface area contributed by atoms with Gasteiger partial charge in [0.2, 0.25) is 5.91 Å². The third-order valence-corrected chi connectivity index (χ3v) is 3.41. The quantitative estimate of drug-likeness (QED) is 0.670. The zero-order valence-electron chi connectivity index (χ0n) is 8.28. The molecule has 3 nitrogen and oxygen atoms in total. The molecule has 1 fully saturated rings. The fourth-order valence-corrected chi connectivity index (χ4v) is 2.36. The highest BCUT2D eigenvalue weighted by molar-refractivity contribution is 7.99. The lowest BCUT2D eigenvalue weighted by Gasteiger charge is -2.19. The summed E-state index contributed by atoms with van der Waals surface area (Å²) in [7, 11) is 1.56. The van der Waals surface area contributed by atoms with Gasteiger partial charge < -0.3 is 9.64 Å². The van der Waals surface area contributed by atoms with E-state index in [-0.39, 0.29) is 12.5 Å². The molecule has 1 amide bonds. The number of nitrogens with zero attached hydrogens (tertiary/aromatic N) is 1. The second-order valence-corrected chi connectivity index (χ2v) is 4.83. The first kappa shape index (κ1) is 10.9. The molecular formula is C9H17NO2S. The van der Waals surface area contributed by atoms with E-state index < -0.39 is 0 Å². The Balaban J connectivity index is 2.37. The Hall–Kier alpha value is -0.220. The monoisotopic (exact) mass is 203 g/mol. The molecule has 1 heterocycles. The topological polar surface area (TPSA) is 29.5 Å². The molecule has 0 aromatic carbocycles. The van der Waals surface area contributed by atoms with Crippen molar-refractivity contribution in [2.45, 2.75) is 18.6 Å². The molecule has 0 aliphatic carbocycles. The normalized spacial score (nSPS) is 24.2. The Kier molecular flexibility index (Phi) is 4.59. The fraction of sp³-hybridized carbons (Fsp3) is 0.889. The van der Waals surface area contributed by atoms with Crippen molar-refractivity contribution in [1.29, 1.82) is 0 Å². The Bertz CT molecular complexity index is 175. The Morgan fingerprint density at radius 2 is 2.38 bits per heavy atom. The minimum Gasteiger partial charge on any atom is -0.375 e. The van der Waals surface area contributed by atoms with Gasteiger partial charge in [-0.3, -0.25) is 4.79 Å². The summed E-state index contributed by atoms with van der Waals surface area (Å²) in [4.78, 5) is 13.4. The van der Waals surface area contributed by atoms with Crippen LogP contribution in [0.2, 0.25) is 0 Å². The number of carbonyl (C=O) groups excluding carboxylic acids is 1. The number of hydrogen-bond acceptors (Lipinski definition) is 3. The van der Waals surface area contributed by atoms with Crippen molar-refractivity contribution in [3.05, 3.63) is 0 Å². The predicted molar refractivity (Wildman–Crippen MR) is 55.0 cm³/mol. The second kappa shape index (κ2) is 5.50. The molecule has 0 spiro atoms. The number of thioether (sulfide) groups is 1. The molecule has 0 bridgehead atoms. The lowest BCUT2D eigenvalue weighted by atomic mass is 10.3. The SMILES string of the molecule is COCC(=O)N1CCSC(C)CC1. The van der Waals surface area contributed by atoms with E-state index in [1.54, 1.807) is 7.11 Å². The summed E-state index contributed by atoms with van der Waals surface area (Å²) >= 11 is 1.94. The van der Waals surface area contributed by atoms with Gasteiger partial charge in [0.25, 0.3) is 0 Å². The molecule has 0 N–H and O–H groups in total. The molecular weight excluding hydrogens is 186 g/mol. The number of methoxy groups -OCH3 is 1. The van der Waals surface area contributed by atoms with Crippen LogP contribution in [0.5, 0.6) is 0 Å². The highest BCUT2D eigenvalue weighted by Gasteiger charge is 2.17. The molecule has 0 aromatic heterocycles. The van der Waals surface area contributed by atoms with Gasteiger partial charge in [-0.2, -0.15) is 11.8 Å². The molecule has 1 atom stereocenters. The van der Waals surface area contributed by atoms with Crippen LogP contribution in [0.3, 0.4) is 0 Å². The smallest absolute Gasteiger partial charge is 0.248 e. The second-order valence-electron chi connectivity index (χ2n) is 3.28. The maximum atomic E-state index is 11.4. The van der Waals surface area contributed by atoms with Crippen molar-refractivity contribution in [3.8, 4) is 0 Å². The zero-order chi connectivity index (χ0) is 9.68. The first-order valence-corrected chi connectivity index (χ1v) is 5.67. The molecule has 1 unspecified atom stereocenters. The van der Waals surface area contributed by atoms with Crippen molar-refractivity contribution >= 4 is 17.7 Å². The van der Waals surface area contributed by atoms with Crippen LogP contribution in [-0.4, -0.2) is 48.6 Å². The number of carbonyl (C=O) groups is 1. The molecule has 0 saturated carbocycles. The van der Waals surface area contributed by atoms with E-state index in [2.05, 4.69) is 6.92 Å². The van der Waals surface area contributed by atoms with Crippen molar-refractivity contribution in [2.24, 2.45) is 0 Å². The molecule has 4 heteroatoms. The average molecular weight is 203 g/mol. The van der Waals surface area contributed by atoms with E-state index in [1.807, 2.05) is 16.7 Å². The highest BCUT2D eigenvalue weighted by atomic mass is 32.2. The molecule has 1 rings (SSSR count). The van der Waals surface area contributed by atoms with Crippen LogP contribution in [-0.2, 0) is 9.53 Å². The van der Waals surface area contributed by atoms with Crippen LogP contribution in [0.1, 0.15) is 13.3 Å². The van der Waals surface area contributed by atoms with Crippen LogP contribution < -0.4 is 0 Å². The molecule has 1 aliphatic heterocycles. The lowest BCUT2D eigenvalue weighted by molar-refractivity contribution is -0.134. The van der Waals surface area contributed by atoms with Gasteiger partial charge in [-0.15, -0.1) is 0 Å². The summed E-state index contributed by atoms with van der Waals surface area (Å²) in [6.45, 7) is 4.20. The third-order valence-electron chi connectivity index (χ3n) is 2.19. The van der Waals surface area contributed by atoms with Gasteiger partial charge in [0.15, 0.2) is 0 Å². The van der Waals surface area contributed by atoms with Crippen LogP contribution in [0.4, 0.5) is 0 Å². The van der Waals surface area contributed by atoms with E-state index >= 15 is 0 Å². The first-order chi connectivity index (χ1) is 6.24. The van der Waals surface area contributed by atoms with Gasteiger partial charge >= 0.3 is 0 Å². The average Bonchev–Trinajstić information content (AvgIpc) is 2.30. The van der Waals surface area contributed by atoms with Crippen LogP contribution in [0, 0.1) is 0 Å². The summed E-state index contributed by atoms with van der Waals surface area (Å²) < 4.78 is 4.83. The Morgan fingerprint density at radius 1 is 1.62 bits per heavy atom. The maximum absolute atomic E-state index is 11.4.